The summed E-state index contributed by atoms with van der Waals surface area (Å²) in [6.45, 7) is 4.90. The van der Waals surface area contributed by atoms with Crippen LogP contribution in [-0.4, -0.2) is 6.54 Å². The van der Waals surface area contributed by atoms with Crippen LogP contribution >= 0.6 is 11.6 Å². The molecule has 1 unspecified atom stereocenters. The van der Waals surface area contributed by atoms with Gasteiger partial charge in [0.15, 0.2) is 0 Å². The maximum absolute atomic E-state index is 12.7. The number of nitrogens with one attached hydrogen (secondary N) is 1. The molecule has 0 saturated carbocycles. The van der Waals surface area contributed by atoms with E-state index in [2.05, 4.69) is 19.2 Å². The summed E-state index contributed by atoms with van der Waals surface area (Å²) in [6, 6.07) is 3.59. The van der Waals surface area contributed by atoms with Gasteiger partial charge in [-0.1, -0.05) is 44.7 Å². The Bertz CT molecular complexity index is 418. The summed E-state index contributed by atoms with van der Waals surface area (Å²) in [5.74, 6) is 0.475. The summed E-state index contributed by atoms with van der Waals surface area (Å²) in [7, 11) is 0. The van der Waals surface area contributed by atoms with Crippen LogP contribution in [-0.2, 0) is 6.18 Å². The van der Waals surface area contributed by atoms with E-state index in [0.717, 1.165) is 37.8 Å². The van der Waals surface area contributed by atoms with E-state index in [0.29, 0.717) is 18.2 Å². The van der Waals surface area contributed by atoms with E-state index in [1.165, 1.54) is 6.07 Å². The molecule has 1 nitrogen and oxygen atoms in total. The summed E-state index contributed by atoms with van der Waals surface area (Å²) in [4.78, 5) is 0. The molecule has 0 spiro atoms. The molecule has 0 bridgehead atoms. The number of unbranched alkanes of at least 4 members (excludes halogenated alkanes) is 1. The lowest BCUT2D eigenvalue weighted by Gasteiger charge is -2.17. The van der Waals surface area contributed by atoms with Crippen LogP contribution in [0.5, 0.6) is 0 Å². The topological polar surface area (TPSA) is 12.0 Å². The van der Waals surface area contributed by atoms with Crippen molar-refractivity contribution in [1.82, 2.24) is 0 Å². The van der Waals surface area contributed by atoms with Crippen molar-refractivity contribution >= 4 is 17.3 Å². The molecule has 0 aromatic heterocycles. The summed E-state index contributed by atoms with van der Waals surface area (Å²) >= 11 is 5.75. The van der Waals surface area contributed by atoms with Gasteiger partial charge in [0.25, 0.3) is 0 Å². The number of benzene rings is 1. The number of hydrogen-bond donors (Lipinski definition) is 1. The summed E-state index contributed by atoms with van der Waals surface area (Å²) < 4.78 is 38.1. The molecule has 0 heterocycles. The lowest BCUT2D eigenvalue weighted by atomic mass is 9.99. The molecule has 0 amide bonds. The molecule has 0 aliphatic rings. The molecule has 0 saturated heterocycles. The van der Waals surface area contributed by atoms with Gasteiger partial charge in [-0.15, -0.1) is 0 Å². The largest absolute Gasteiger partial charge is 0.416 e. The molecular formula is C15H21ClF3N. The van der Waals surface area contributed by atoms with Crippen molar-refractivity contribution in [3.63, 3.8) is 0 Å². The Kier molecular flexibility index (Phi) is 6.66. The van der Waals surface area contributed by atoms with Crippen LogP contribution in [0.3, 0.4) is 0 Å². The van der Waals surface area contributed by atoms with Crippen molar-refractivity contribution in [1.29, 1.82) is 0 Å². The van der Waals surface area contributed by atoms with Gasteiger partial charge in [-0.2, -0.15) is 13.2 Å². The second-order valence-electron chi connectivity index (χ2n) is 5.02. The third kappa shape index (κ3) is 5.61. The van der Waals surface area contributed by atoms with E-state index < -0.39 is 11.7 Å². The number of anilines is 1. The van der Waals surface area contributed by atoms with Gasteiger partial charge in [-0.3, -0.25) is 0 Å². The third-order valence-corrected chi connectivity index (χ3v) is 3.58. The number of halogens is 4. The van der Waals surface area contributed by atoms with E-state index in [1.54, 1.807) is 0 Å². The van der Waals surface area contributed by atoms with Crippen molar-refractivity contribution < 1.29 is 13.2 Å². The van der Waals surface area contributed by atoms with Gasteiger partial charge in [0, 0.05) is 17.3 Å². The predicted octanol–water partition coefficient (Wildman–Crippen LogP) is 5.99. The standard InChI is InChI=1S/C15H21ClF3N/c1-3-5-6-11(4-2)10-20-14-8-12(15(17,18)19)7-13(16)9-14/h7-9,11,20H,3-6,10H2,1-2H3. The zero-order valence-corrected chi connectivity index (χ0v) is 12.6. The SMILES string of the molecule is CCCCC(CC)CNc1cc(Cl)cc(C(F)(F)F)c1. The van der Waals surface area contributed by atoms with Crippen molar-refractivity contribution in [2.75, 3.05) is 11.9 Å². The lowest BCUT2D eigenvalue weighted by molar-refractivity contribution is -0.137. The van der Waals surface area contributed by atoms with Gasteiger partial charge >= 0.3 is 6.18 Å². The maximum atomic E-state index is 12.7. The zero-order chi connectivity index (χ0) is 15.2. The van der Waals surface area contributed by atoms with E-state index >= 15 is 0 Å². The maximum Gasteiger partial charge on any atom is 0.416 e. The van der Waals surface area contributed by atoms with Gasteiger partial charge in [-0.05, 0) is 30.5 Å². The van der Waals surface area contributed by atoms with Crippen molar-refractivity contribution in [2.45, 2.75) is 45.7 Å². The van der Waals surface area contributed by atoms with Crippen LogP contribution < -0.4 is 5.32 Å². The van der Waals surface area contributed by atoms with Crippen molar-refractivity contribution in [3.05, 3.63) is 28.8 Å². The first kappa shape index (κ1) is 17.2. The molecule has 1 N–H and O–H groups in total. The van der Waals surface area contributed by atoms with Crippen molar-refractivity contribution in [2.24, 2.45) is 5.92 Å². The Balaban J connectivity index is 2.70. The van der Waals surface area contributed by atoms with E-state index in [4.69, 9.17) is 11.6 Å². The Labute approximate surface area is 123 Å². The number of hydrogen-bond acceptors (Lipinski definition) is 1. The first-order valence-electron chi connectivity index (χ1n) is 6.98. The first-order valence-corrected chi connectivity index (χ1v) is 7.36. The normalized spacial score (nSPS) is 13.3. The van der Waals surface area contributed by atoms with Gasteiger partial charge in [0.1, 0.15) is 0 Å². The molecule has 20 heavy (non-hydrogen) atoms. The number of alkyl halides is 3. The van der Waals surface area contributed by atoms with Gasteiger partial charge in [0.05, 0.1) is 5.56 Å². The highest BCUT2D eigenvalue weighted by molar-refractivity contribution is 6.30. The Morgan fingerprint density at radius 2 is 1.90 bits per heavy atom. The van der Waals surface area contributed by atoms with E-state index in [-0.39, 0.29) is 5.02 Å². The molecule has 1 rings (SSSR count). The van der Waals surface area contributed by atoms with E-state index in [1.807, 2.05) is 0 Å². The third-order valence-electron chi connectivity index (χ3n) is 3.36. The van der Waals surface area contributed by atoms with Crippen LogP contribution in [0.15, 0.2) is 18.2 Å². The fraction of sp³-hybridized carbons (Fsp3) is 0.600. The predicted molar refractivity (Wildman–Crippen MR) is 78.2 cm³/mol. The fourth-order valence-corrected chi connectivity index (χ4v) is 2.30. The molecule has 0 radical (unpaired) electrons. The minimum atomic E-state index is -4.37. The Morgan fingerprint density at radius 3 is 2.45 bits per heavy atom. The van der Waals surface area contributed by atoms with Gasteiger partial charge < -0.3 is 5.32 Å². The van der Waals surface area contributed by atoms with Crippen LogP contribution in [0.1, 0.15) is 45.1 Å². The van der Waals surface area contributed by atoms with Gasteiger partial charge in [0.2, 0.25) is 0 Å². The first-order chi connectivity index (χ1) is 9.36. The second kappa shape index (κ2) is 7.77. The smallest absolute Gasteiger partial charge is 0.385 e. The molecule has 1 aromatic rings. The molecular weight excluding hydrogens is 287 g/mol. The average Bonchev–Trinajstić information content (AvgIpc) is 2.37. The zero-order valence-electron chi connectivity index (χ0n) is 11.9. The summed E-state index contributed by atoms with van der Waals surface area (Å²) in [5, 5.41) is 3.17. The highest BCUT2D eigenvalue weighted by atomic mass is 35.5. The average molecular weight is 308 g/mol. The summed E-state index contributed by atoms with van der Waals surface area (Å²) in [5.41, 5.74) is -0.283. The highest BCUT2D eigenvalue weighted by Crippen LogP contribution is 2.33. The monoisotopic (exact) mass is 307 g/mol. The summed E-state index contributed by atoms with van der Waals surface area (Å²) in [6.07, 6.45) is 0.00943. The van der Waals surface area contributed by atoms with Crippen molar-refractivity contribution in [3.8, 4) is 0 Å². The van der Waals surface area contributed by atoms with Crippen LogP contribution in [0.2, 0.25) is 5.02 Å². The fourth-order valence-electron chi connectivity index (χ4n) is 2.06. The minimum absolute atomic E-state index is 0.101. The molecule has 0 aliphatic carbocycles. The highest BCUT2D eigenvalue weighted by Gasteiger charge is 2.31. The molecule has 0 fully saturated rings. The lowest BCUT2D eigenvalue weighted by Crippen LogP contribution is -2.14. The molecule has 0 aliphatic heterocycles. The Hall–Kier alpha value is -0.900. The second-order valence-corrected chi connectivity index (χ2v) is 5.46. The molecule has 114 valence electrons. The molecule has 5 heteroatoms. The van der Waals surface area contributed by atoms with Crippen LogP contribution in [0.4, 0.5) is 18.9 Å². The van der Waals surface area contributed by atoms with Crippen LogP contribution in [0, 0.1) is 5.92 Å². The van der Waals surface area contributed by atoms with E-state index in [9.17, 15) is 13.2 Å². The quantitative estimate of drug-likeness (QED) is 0.652. The van der Waals surface area contributed by atoms with Crippen LogP contribution in [0.25, 0.3) is 0 Å². The van der Waals surface area contributed by atoms with Gasteiger partial charge in [-0.25, -0.2) is 0 Å². The minimum Gasteiger partial charge on any atom is -0.385 e. The molecule has 1 atom stereocenters. The number of rotatable bonds is 7. The Morgan fingerprint density at radius 1 is 1.20 bits per heavy atom. The molecule has 1 aromatic carbocycles.